The number of nitrogens with one attached hydrogen (secondary N) is 1. The molecular formula is C24H27F3N4O5. The van der Waals surface area contributed by atoms with E-state index in [1.54, 1.807) is 38.1 Å². The molecule has 12 heteroatoms. The largest absolute Gasteiger partial charge is 0.462 e. The molecule has 3 aromatic rings. The van der Waals surface area contributed by atoms with Gasteiger partial charge in [0.25, 0.3) is 5.89 Å². The van der Waals surface area contributed by atoms with Gasteiger partial charge in [-0.05, 0) is 30.9 Å². The molecule has 36 heavy (non-hydrogen) atoms. The number of aliphatic hydroxyl groups excluding tert-OH is 1. The third kappa shape index (κ3) is 5.93. The Morgan fingerprint density at radius 2 is 1.97 bits per heavy atom. The zero-order valence-corrected chi connectivity index (χ0v) is 19.8. The standard InChI is InChI=1S/C24H27F3N4O5/c1-13(2)10-18-19(24(25,26)27)20(30-35-18)22-29-21(31-36-22)15-7-5-14(6-8-15)17(32)12-34-23(33)16-4-3-9-28-11-16/h5-8,13,16-17,28,32H,3-4,9-12H2,1-2H3/t16?,17-/m1/s1. The molecule has 1 saturated heterocycles. The number of benzene rings is 1. The maximum absolute atomic E-state index is 13.7. The SMILES string of the molecule is CC(C)Cc1onc(-c2nc(-c3ccc([C@H](O)COC(=O)C4CCCNC4)cc3)no2)c1C(F)(F)F. The molecule has 0 bridgehead atoms. The molecule has 0 aliphatic carbocycles. The van der Waals surface area contributed by atoms with Gasteiger partial charge in [0.05, 0.1) is 5.92 Å². The van der Waals surface area contributed by atoms with Crippen LogP contribution in [0.3, 0.4) is 0 Å². The number of carbonyl (C=O) groups excluding carboxylic acids is 1. The first-order valence-electron chi connectivity index (χ1n) is 11.7. The second-order valence-corrected chi connectivity index (χ2v) is 9.16. The maximum atomic E-state index is 13.7. The summed E-state index contributed by atoms with van der Waals surface area (Å²) in [5, 5.41) is 20.8. The normalized spacial score (nSPS) is 17.4. The number of esters is 1. The average molecular weight is 508 g/mol. The summed E-state index contributed by atoms with van der Waals surface area (Å²) in [5.41, 5.74) is -0.640. The van der Waals surface area contributed by atoms with Gasteiger partial charge in [-0.1, -0.05) is 48.4 Å². The van der Waals surface area contributed by atoms with E-state index in [4.69, 9.17) is 13.8 Å². The Bertz CT molecular complexity index is 1170. The van der Waals surface area contributed by atoms with Gasteiger partial charge in [-0.2, -0.15) is 18.2 Å². The van der Waals surface area contributed by atoms with E-state index >= 15 is 0 Å². The van der Waals surface area contributed by atoms with Gasteiger partial charge in [-0.3, -0.25) is 4.79 Å². The van der Waals surface area contributed by atoms with Gasteiger partial charge in [0.1, 0.15) is 24.0 Å². The Kier molecular flexibility index (Phi) is 7.74. The fraction of sp³-hybridized carbons (Fsp3) is 0.500. The molecule has 0 radical (unpaired) electrons. The number of hydrogen-bond acceptors (Lipinski definition) is 9. The van der Waals surface area contributed by atoms with Crippen LogP contribution in [0, 0.1) is 11.8 Å². The van der Waals surface area contributed by atoms with Crippen LogP contribution in [0.5, 0.6) is 0 Å². The van der Waals surface area contributed by atoms with Gasteiger partial charge in [-0.15, -0.1) is 0 Å². The van der Waals surface area contributed by atoms with Crippen LogP contribution in [0.15, 0.2) is 33.3 Å². The van der Waals surface area contributed by atoms with Crippen molar-refractivity contribution in [3.63, 3.8) is 0 Å². The highest BCUT2D eigenvalue weighted by Gasteiger charge is 2.42. The van der Waals surface area contributed by atoms with Gasteiger partial charge in [0, 0.05) is 18.5 Å². The molecule has 2 atom stereocenters. The van der Waals surface area contributed by atoms with Crippen molar-refractivity contribution in [2.24, 2.45) is 11.8 Å². The molecule has 9 nitrogen and oxygen atoms in total. The minimum absolute atomic E-state index is 0.0452. The molecule has 0 amide bonds. The highest BCUT2D eigenvalue weighted by Crippen LogP contribution is 2.40. The van der Waals surface area contributed by atoms with Crippen LogP contribution >= 0.6 is 0 Å². The number of nitrogens with zero attached hydrogens (tertiary/aromatic N) is 3. The van der Waals surface area contributed by atoms with Crippen LogP contribution in [0.1, 0.15) is 49.7 Å². The summed E-state index contributed by atoms with van der Waals surface area (Å²) in [6.07, 6.45) is -4.04. The van der Waals surface area contributed by atoms with Crippen molar-refractivity contribution in [3.05, 3.63) is 41.2 Å². The van der Waals surface area contributed by atoms with Crippen molar-refractivity contribution in [1.82, 2.24) is 20.6 Å². The third-order valence-corrected chi connectivity index (χ3v) is 5.84. The molecule has 1 aliphatic heterocycles. The summed E-state index contributed by atoms with van der Waals surface area (Å²) in [5.74, 6) is -1.30. The van der Waals surface area contributed by atoms with E-state index in [2.05, 4.69) is 20.6 Å². The van der Waals surface area contributed by atoms with Crippen LogP contribution in [0.25, 0.3) is 23.0 Å². The van der Waals surface area contributed by atoms with E-state index in [1.165, 1.54) is 0 Å². The second-order valence-electron chi connectivity index (χ2n) is 9.16. The first-order valence-corrected chi connectivity index (χ1v) is 11.7. The van der Waals surface area contributed by atoms with Crippen LogP contribution in [-0.4, -0.2) is 46.1 Å². The Morgan fingerprint density at radius 3 is 2.61 bits per heavy atom. The molecule has 1 aliphatic rings. The Balaban J connectivity index is 1.44. The Hall–Kier alpha value is -3.25. The lowest BCUT2D eigenvalue weighted by molar-refractivity contribution is -0.152. The van der Waals surface area contributed by atoms with E-state index in [1.807, 2.05) is 0 Å². The van der Waals surface area contributed by atoms with Crippen molar-refractivity contribution < 1.29 is 36.9 Å². The molecule has 2 N–H and O–H groups in total. The van der Waals surface area contributed by atoms with Gasteiger partial charge in [0.2, 0.25) is 5.82 Å². The number of hydrogen-bond donors (Lipinski definition) is 2. The molecule has 1 aromatic carbocycles. The number of rotatable bonds is 8. The number of alkyl halides is 3. The summed E-state index contributed by atoms with van der Waals surface area (Å²) >= 11 is 0. The van der Waals surface area contributed by atoms with Crippen LogP contribution in [0.2, 0.25) is 0 Å². The average Bonchev–Trinajstić information content (AvgIpc) is 3.50. The van der Waals surface area contributed by atoms with Crippen molar-refractivity contribution in [2.45, 2.75) is 45.4 Å². The summed E-state index contributed by atoms with van der Waals surface area (Å²) in [4.78, 5) is 16.2. The highest BCUT2D eigenvalue weighted by atomic mass is 19.4. The molecular weight excluding hydrogens is 481 g/mol. The zero-order chi connectivity index (χ0) is 25.9. The fourth-order valence-corrected chi connectivity index (χ4v) is 3.99. The van der Waals surface area contributed by atoms with Crippen molar-refractivity contribution in [3.8, 4) is 23.0 Å². The van der Waals surface area contributed by atoms with E-state index in [0.717, 1.165) is 19.4 Å². The molecule has 1 fully saturated rings. The number of piperidine rings is 1. The van der Waals surface area contributed by atoms with Gasteiger partial charge >= 0.3 is 12.1 Å². The number of ether oxygens (including phenoxy) is 1. The van der Waals surface area contributed by atoms with E-state index in [-0.39, 0.29) is 42.4 Å². The third-order valence-electron chi connectivity index (χ3n) is 5.84. The first kappa shape index (κ1) is 25.8. The van der Waals surface area contributed by atoms with Gasteiger partial charge < -0.3 is 24.2 Å². The molecule has 2 aromatic heterocycles. The number of carbonyl (C=O) groups is 1. The van der Waals surface area contributed by atoms with Crippen LogP contribution in [-0.2, 0) is 22.1 Å². The van der Waals surface area contributed by atoms with Crippen molar-refractivity contribution in [2.75, 3.05) is 19.7 Å². The van der Waals surface area contributed by atoms with Crippen molar-refractivity contribution in [1.29, 1.82) is 0 Å². The summed E-state index contributed by atoms with van der Waals surface area (Å²) in [6, 6.07) is 6.34. The molecule has 0 spiro atoms. The molecule has 0 saturated carbocycles. The van der Waals surface area contributed by atoms with E-state index in [0.29, 0.717) is 17.7 Å². The van der Waals surface area contributed by atoms with E-state index in [9.17, 15) is 23.1 Å². The minimum atomic E-state index is -4.71. The summed E-state index contributed by atoms with van der Waals surface area (Å²) in [6.45, 7) is 4.79. The van der Waals surface area contributed by atoms with Gasteiger partial charge in [0.15, 0.2) is 5.69 Å². The lowest BCUT2D eigenvalue weighted by Crippen LogP contribution is -2.35. The first-order chi connectivity index (χ1) is 17.1. The fourth-order valence-electron chi connectivity index (χ4n) is 3.99. The smallest absolute Gasteiger partial charge is 0.422 e. The van der Waals surface area contributed by atoms with Crippen LogP contribution in [0.4, 0.5) is 13.2 Å². The molecule has 1 unspecified atom stereocenters. The lowest BCUT2D eigenvalue weighted by atomic mass is 10.00. The monoisotopic (exact) mass is 508 g/mol. The minimum Gasteiger partial charge on any atom is -0.462 e. The Morgan fingerprint density at radius 1 is 1.22 bits per heavy atom. The number of aromatic nitrogens is 3. The second kappa shape index (κ2) is 10.8. The van der Waals surface area contributed by atoms with Crippen molar-refractivity contribution >= 4 is 5.97 Å². The summed E-state index contributed by atoms with van der Waals surface area (Å²) in [7, 11) is 0. The molecule has 194 valence electrons. The predicted molar refractivity (Wildman–Crippen MR) is 120 cm³/mol. The van der Waals surface area contributed by atoms with E-state index < -0.39 is 29.4 Å². The highest BCUT2D eigenvalue weighted by molar-refractivity contribution is 5.72. The molecule has 3 heterocycles. The number of halogens is 3. The number of aliphatic hydroxyl groups is 1. The predicted octanol–water partition coefficient (Wildman–Crippen LogP) is 4.19. The lowest BCUT2D eigenvalue weighted by Gasteiger charge is -2.22. The van der Waals surface area contributed by atoms with Crippen LogP contribution < -0.4 is 5.32 Å². The summed E-state index contributed by atoms with van der Waals surface area (Å²) < 4.78 is 56.4. The zero-order valence-electron chi connectivity index (χ0n) is 19.8. The topological polar surface area (TPSA) is 124 Å². The quantitative estimate of drug-likeness (QED) is 0.431. The molecule has 4 rings (SSSR count). The Labute approximate surface area is 205 Å². The maximum Gasteiger partial charge on any atom is 0.422 e. The van der Waals surface area contributed by atoms with Gasteiger partial charge in [-0.25, -0.2) is 0 Å².